The number of hydrogen-bond donors (Lipinski definition) is 0. The number of pyridine rings is 2. The number of ether oxygens (including phenoxy) is 1. The van der Waals surface area contributed by atoms with Gasteiger partial charge in [0.1, 0.15) is 11.6 Å². The zero-order valence-corrected chi connectivity index (χ0v) is 11.5. The highest BCUT2D eigenvalue weighted by Gasteiger charge is 2.14. The lowest BCUT2D eigenvalue weighted by Gasteiger charge is -2.09. The third-order valence-electron chi connectivity index (χ3n) is 2.86. The van der Waals surface area contributed by atoms with E-state index in [-0.39, 0.29) is 0 Å². The molecular formula is C13H11ClN4O. The molecule has 5 nitrogen and oxygen atoms in total. The van der Waals surface area contributed by atoms with Gasteiger partial charge < -0.3 is 4.74 Å². The van der Waals surface area contributed by atoms with Crippen LogP contribution >= 0.6 is 11.6 Å². The molecule has 0 N–H and O–H groups in total. The van der Waals surface area contributed by atoms with Crippen LogP contribution in [0.4, 0.5) is 5.82 Å². The van der Waals surface area contributed by atoms with Crippen LogP contribution in [0.15, 0.2) is 11.2 Å². The predicted octanol–water partition coefficient (Wildman–Crippen LogP) is 3.08. The lowest BCUT2D eigenvalue weighted by molar-refractivity contribution is 0.423. The quantitative estimate of drug-likeness (QED) is 0.623. The third-order valence-corrected chi connectivity index (χ3v) is 3.25. The van der Waals surface area contributed by atoms with Crippen molar-refractivity contribution in [3.05, 3.63) is 27.9 Å². The highest BCUT2D eigenvalue weighted by molar-refractivity contribution is 6.36. The first-order valence-electron chi connectivity index (χ1n) is 5.51. The molecule has 2 aromatic rings. The highest BCUT2D eigenvalue weighted by Crippen LogP contribution is 2.31. The van der Waals surface area contributed by atoms with Gasteiger partial charge in [0.15, 0.2) is 12.2 Å². The Balaban J connectivity index is 2.82. The summed E-state index contributed by atoms with van der Waals surface area (Å²) >= 11 is 6.16. The van der Waals surface area contributed by atoms with Gasteiger partial charge in [0, 0.05) is 6.20 Å². The number of aryl methyl sites for hydroxylation is 1. The van der Waals surface area contributed by atoms with Crippen LogP contribution in [0, 0.1) is 25.2 Å². The van der Waals surface area contributed by atoms with Crippen molar-refractivity contribution in [1.82, 2.24) is 9.97 Å². The third kappa shape index (κ3) is 2.23. The van der Waals surface area contributed by atoms with Crippen LogP contribution in [0.25, 0.3) is 11.0 Å². The molecule has 0 aromatic carbocycles. The van der Waals surface area contributed by atoms with Gasteiger partial charge in [0.05, 0.1) is 23.2 Å². The van der Waals surface area contributed by atoms with Crippen molar-refractivity contribution in [3.8, 4) is 6.07 Å². The van der Waals surface area contributed by atoms with E-state index < -0.39 is 0 Å². The fourth-order valence-electron chi connectivity index (χ4n) is 1.70. The summed E-state index contributed by atoms with van der Waals surface area (Å²) in [6, 6.07) is 1.99. The van der Waals surface area contributed by atoms with Gasteiger partial charge in [-0.25, -0.2) is 9.98 Å². The number of rotatable bonds is 2. The summed E-state index contributed by atoms with van der Waals surface area (Å²) in [4.78, 5) is 12.7. The first-order chi connectivity index (χ1) is 9.10. The van der Waals surface area contributed by atoms with E-state index in [2.05, 4.69) is 15.0 Å². The molecule has 0 aliphatic heterocycles. The van der Waals surface area contributed by atoms with Crippen LogP contribution in [-0.2, 0) is 4.74 Å². The van der Waals surface area contributed by atoms with Crippen LogP contribution in [0.3, 0.4) is 0 Å². The van der Waals surface area contributed by atoms with Crippen LogP contribution in [0.2, 0.25) is 5.02 Å². The van der Waals surface area contributed by atoms with Crippen molar-refractivity contribution in [1.29, 1.82) is 5.26 Å². The fraction of sp³-hybridized carbons (Fsp3) is 0.231. The number of nitriles is 1. The van der Waals surface area contributed by atoms with Gasteiger partial charge in [-0.3, -0.25) is 4.98 Å². The zero-order valence-electron chi connectivity index (χ0n) is 10.7. The molecule has 0 aliphatic carbocycles. The molecule has 0 atom stereocenters. The minimum Gasteiger partial charge on any atom is -0.486 e. The molecular weight excluding hydrogens is 264 g/mol. The normalized spacial score (nSPS) is 10.9. The first kappa shape index (κ1) is 13.2. The summed E-state index contributed by atoms with van der Waals surface area (Å²) in [6.45, 7) is 3.82. The Labute approximate surface area is 115 Å². The standard InChI is InChI=1S/C13H11ClN4O/c1-7-8(2)13(17-6-19-3)18-12-10(14)9(4-15)5-16-11(7)12/h5-6H,1-3H3. The number of fused-ring (bicyclic) bond motifs is 1. The Bertz CT molecular complexity index is 719. The van der Waals surface area contributed by atoms with E-state index in [1.54, 1.807) is 0 Å². The van der Waals surface area contributed by atoms with Crippen molar-refractivity contribution in [2.45, 2.75) is 13.8 Å². The second-order valence-electron chi connectivity index (χ2n) is 3.95. The van der Waals surface area contributed by atoms with E-state index >= 15 is 0 Å². The molecule has 0 radical (unpaired) electrons. The van der Waals surface area contributed by atoms with E-state index in [9.17, 15) is 0 Å². The molecule has 0 bridgehead atoms. The lowest BCUT2D eigenvalue weighted by atomic mass is 10.1. The number of aliphatic imine (C=N–C) groups is 1. The number of halogens is 1. The maximum atomic E-state index is 8.96. The van der Waals surface area contributed by atoms with Gasteiger partial charge in [-0.15, -0.1) is 0 Å². The smallest absolute Gasteiger partial charge is 0.175 e. The Morgan fingerprint density at radius 2 is 2.11 bits per heavy atom. The van der Waals surface area contributed by atoms with Gasteiger partial charge in [-0.05, 0) is 25.0 Å². The lowest BCUT2D eigenvalue weighted by Crippen LogP contribution is -1.95. The molecule has 0 unspecified atom stereocenters. The Morgan fingerprint density at radius 1 is 1.37 bits per heavy atom. The van der Waals surface area contributed by atoms with Crippen molar-refractivity contribution < 1.29 is 4.74 Å². The molecule has 0 fully saturated rings. The Hall–Kier alpha value is -2.19. The maximum Gasteiger partial charge on any atom is 0.175 e. The van der Waals surface area contributed by atoms with Crippen molar-refractivity contribution in [2.75, 3.05) is 7.11 Å². The summed E-state index contributed by atoms with van der Waals surface area (Å²) in [7, 11) is 1.51. The molecule has 0 saturated heterocycles. The van der Waals surface area contributed by atoms with Crippen LogP contribution in [-0.4, -0.2) is 23.5 Å². The average molecular weight is 275 g/mol. The van der Waals surface area contributed by atoms with Gasteiger partial charge in [0.2, 0.25) is 0 Å². The SMILES string of the molecule is COC=Nc1nc2c(Cl)c(C#N)cnc2c(C)c1C. The fourth-order valence-corrected chi connectivity index (χ4v) is 1.92. The molecule has 2 heterocycles. The summed E-state index contributed by atoms with van der Waals surface area (Å²) in [5.74, 6) is 0.505. The van der Waals surface area contributed by atoms with E-state index in [4.69, 9.17) is 21.6 Å². The molecule has 2 aromatic heterocycles. The van der Waals surface area contributed by atoms with E-state index in [1.165, 1.54) is 19.7 Å². The topological polar surface area (TPSA) is 71.2 Å². The molecule has 6 heteroatoms. The Kier molecular flexibility index (Phi) is 3.63. The summed E-state index contributed by atoms with van der Waals surface area (Å²) in [6.07, 6.45) is 2.76. The van der Waals surface area contributed by atoms with Gasteiger partial charge >= 0.3 is 0 Å². The van der Waals surface area contributed by atoms with Crippen LogP contribution in [0.5, 0.6) is 0 Å². The number of methoxy groups -OCH3 is 1. The summed E-state index contributed by atoms with van der Waals surface area (Å²) in [5, 5.41) is 9.26. The van der Waals surface area contributed by atoms with Crippen molar-refractivity contribution in [2.24, 2.45) is 4.99 Å². The summed E-state index contributed by atoms with van der Waals surface area (Å²) < 4.78 is 4.80. The van der Waals surface area contributed by atoms with Crippen LogP contribution in [0.1, 0.15) is 16.7 Å². The molecule has 0 aliphatic rings. The minimum absolute atomic E-state index is 0.296. The van der Waals surface area contributed by atoms with Gasteiger partial charge in [-0.1, -0.05) is 11.6 Å². The first-order valence-corrected chi connectivity index (χ1v) is 5.88. The minimum atomic E-state index is 0.296. The monoisotopic (exact) mass is 274 g/mol. The highest BCUT2D eigenvalue weighted by atomic mass is 35.5. The van der Waals surface area contributed by atoms with Crippen molar-refractivity contribution >= 4 is 34.9 Å². The number of hydrogen-bond acceptors (Lipinski definition) is 5. The maximum absolute atomic E-state index is 8.96. The van der Waals surface area contributed by atoms with Crippen LogP contribution < -0.4 is 0 Å². The number of nitrogens with zero attached hydrogens (tertiary/aromatic N) is 4. The summed E-state index contributed by atoms with van der Waals surface area (Å²) in [5.41, 5.74) is 3.28. The van der Waals surface area contributed by atoms with Gasteiger partial charge in [0.25, 0.3) is 0 Å². The Morgan fingerprint density at radius 3 is 2.74 bits per heavy atom. The molecule has 19 heavy (non-hydrogen) atoms. The predicted molar refractivity (Wildman–Crippen MR) is 73.9 cm³/mol. The second-order valence-corrected chi connectivity index (χ2v) is 4.33. The molecule has 0 spiro atoms. The van der Waals surface area contributed by atoms with E-state index in [0.29, 0.717) is 27.4 Å². The molecule has 0 saturated carbocycles. The second kappa shape index (κ2) is 5.21. The molecule has 96 valence electrons. The van der Waals surface area contributed by atoms with E-state index in [1.807, 2.05) is 19.9 Å². The van der Waals surface area contributed by atoms with E-state index in [0.717, 1.165) is 11.1 Å². The van der Waals surface area contributed by atoms with Gasteiger partial charge in [-0.2, -0.15) is 5.26 Å². The zero-order chi connectivity index (χ0) is 14.0. The molecule has 0 amide bonds. The number of aromatic nitrogens is 2. The largest absolute Gasteiger partial charge is 0.486 e. The van der Waals surface area contributed by atoms with Crippen molar-refractivity contribution in [3.63, 3.8) is 0 Å². The average Bonchev–Trinajstić information content (AvgIpc) is 2.42. The molecule has 2 rings (SSSR count).